The van der Waals surface area contributed by atoms with Gasteiger partial charge in [-0.05, 0) is 49.1 Å². The van der Waals surface area contributed by atoms with E-state index < -0.39 is 63.8 Å². The lowest BCUT2D eigenvalue weighted by molar-refractivity contribution is -0.153. The molecule has 1 heterocycles. The number of hydrogen-bond acceptors (Lipinski definition) is 7. The molecule has 11 heteroatoms. The van der Waals surface area contributed by atoms with E-state index >= 15 is 0 Å². The van der Waals surface area contributed by atoms with Crippen molar-refractivity contribution in [3.05, 3.63) is 41.2 Å². The maximum absolute atomic E-state index is 13.9. The van der Waals surface area contributed by atoms with Crippen LogP contribution in [-0.2, 0) is 30.7 Å². The van der Waals surface area contributed by atoms with Crippen LogP contribution in [0.3, 0.4) is 0 Å². The smallest absolute Gasteiger partial charge is 0.332 e. The molecule has 3 rings (SSSR count). The summed E-state index contributed by atoms with van der Waals surface area (Å²) in [6.07, 6.45) is 4.70. The van der Waals surface area contributed by atoms with E-state index in [2.05, 4.69) is 11.6 Å². The van der Waals surface area contributed by atoms with Crippen molar-refractivity contribution in [2.24, 2.45) is 0 Å². The minimum Gasteiger partial charge on any atom is -0.478 e. The lowest BCUT2D eigenvalue weighted by atomic mass is 9.94. The molecule has 1 aliphatic heterocycles. The van der Waals surface area contributed by atoms with Gasteiger partial charge in [0.15, 0.2) is 5.79 Å². The number of nitrogens with one attached hydrogen (secondary N) is 1. The molecule has 4 N–H and O–H groups in total. The Bertz CT molecular complexity index is 1020. The lowest BCUT2D eigenvalue weighted by Gasteiger charge is -2.33. The summed E-state index contributed by atoms with van der Waals surface area (Å²) in [5, 5.41) is 27.3. The van der Waals surface area contributed by atoms with E-state index in [9.17, 15) is 32.9 Å². The van der Waals surface area contributed by atoms with Gasteiger partial charge in [0.2, 0.25) is 10.0 Å². The number of unbranched alkanes of at least 4 members (excludes halogenated alkanes) is 4. The fourth-order valence-corrected chi connectivity index (χ4v) is 6.19. The zero-order valence-corrected chi connectivity index (χ0v) is 20.6. The summed E-state index contributed by atoms with van der Waals surface area (Å²) in [7, 11) is -4.22. The zero-order chi connectivity index (χ0) is 25.6. The van der Waals surface area contributed by atoms with Gasteiger partial charge in [0.05, 0.1) is 24.5 Å². The number of aliphatic hydroxyl groups is 2. The molecule has 1 aromatic rings. The third kappa shape index (κ3) is 6.59. The maximum Gasteiger partial charge on any atom is 0.332 e. The van der Waals surface area contributed by atoms with Gasteiger partial charge >= 0.3 is 5.97 Å². The summed E-state index contributed by atoms with van der Waals surface area (Å²) < 4.78 is 54.3. The Hall–Kier alpha value is -2.05. The molecule has 0 saturated carbocycles. The standard InChI is InChI=1S/C24H34FNO8S/c1-2-3-4-5-6-7-16-12-17(25)8-9-19(16)26-35(31,32)22-10-11-24(13-18(22)23(29)30)33-20(14-27)21(15-28)34-24/h8-9,12-13,20-22,26-28H,2-7,10-11,14-15H2,1H3,(H,29,30). The van der Waals surface area contributed by atoms with Gasteiger partial charge < -0.3 is 24.8 Å². The topological polar surface area (TPSA) is 142 Å². The average Bonchev–Trinajstić information content (AvgIpc) is 3.17. The van der Waals surface area contributed by atoms with Crippen LogP contribution in [0.2, 0.25) is 0 Å². The van der Waals surface area contributed by atoms with Crippen molar-refractivity contribution in [1.29, 1.82) is 0 Å². The summed E-state index contributed by atoms with van der Waals surface area (Å²) in [6.45, 7) is 1.21. The Morgan fingerprint density at radius 3 is 2.40 bits per heavy atom. The van der Waals surface area contributed by atoms with Gasteiger partial charge in [-0.1, -0.05) is 32.6 Å². The van der Waals surface area contributed by atoms with Crippen LogP contribution in [0.15, 0.2) is 29.8 Å². The molecule has 9 nitrogen and oxygen atoms in total. The number of carboxylic acid groups (broad SMARTS) is 1. The number of benzene rings is 1. The van der Waals surface area contributed by atoms with Gasteiger partial charge in [0.1, 0.15) is 23.3 Å². The fourth-order valence-electron chi connectivity index (χ4n) is 4.61. The van der Waals surface area contributed by atoms with Gasteiger partial charge in [-0.25, -0.2) is 17.6 Å². The molecule has 0 amide bonds. The van der Waals surface area contributed by atoms with Crippen molar-refractivity contribution in [3.8, 4) is 0 Å². The first-order valence-corrected chi connectivity index (χ1v) is 13.5. The van der Waals surface area contributed by atoms with Crippen molar-refractivity contribution in [1.82, 2.24) is 0 Å². The van der Waals surface area contributed by atoms with Crippen LogP contribution < -0.4 is 4.72 Å². The number of halogens is 1. The summed E-state index contributed by atoms with van der Waals surface area (Å²) in [5.41, 5.74) is 0.306. The van der Waals surface area contributed by atoms with E-state index in [4.69, 9.17) is 9.47 Å². The highest BCUT2D eigenvalue weighted by molar-refractivity contribution is 7.93. The highest BCUT2D eigenvalue weighted by Crippen LogP contribution is 2.41. The third-order valence-corrected chi connectivity index (χ3v) is 8.19. The lowest BCUT2D eigenvalue weighted by Crippen LogP contribution is -2.42. The van der Waals surface area contributed by atoms with Crippen LogP contribution in [-0.4, -0.2) is 66.2 Å². The molecule has 3 unspecified atom stereocenters. The predicted octanol–water partition coefficient (Wildman–Crippen LogP) is 2.72. The Balaban J connectivity index is 1.82. The molecule has 1 aromatic carbocycles. The Kier molecular flexibility index (Phi) is 9.28. The second-order valence-corrected chi connectivity index (χ2v) is 10.9. The molecule has 1 spiro atoms. The third-order valence-electron chi connectivity index (χ3n) is 6.44. The number of aliphatic hydroxyl groups excluding tert-OH is 2. The van der Waals surface area contributed by atoms with Crippen LogP contribution >= 0.6 is 0 Å². The Morgan fingerprint density at radius 2 is 1.80 bits per heavy atom. The van der Waals surface area contributed by atoms with E-state index in [0.29, 0.717) is 12.0 Å². The number of hydrogen-bond donors (Lipinski definition) is 4. The molecule has 1 fully saturated rings. The molecular weight excluding hydrogens is 481 g/mol. The Labute approximate surface area is 205 Å². The first kappa shape index (κ1) is 27.5. The van der Waals surface area contributed by atoms with E-state index in [1.54, 1.807) is 0 Å². The quantitative estimate of drug-likeness (QED) is 0.311. The molecule has 0 radical (unpaired) electrons. The number of carbonyl (C=O) groups is 1. The van der Waals surface area contributed by atoms with E-state index in [1.807, 2.05) is 0 Å². The second-order valence-electron chi connectivity index (χ2n) is 9.03. The van der Waals surface area contributed by atoms with Gasteiger partial charge in [-0.15, -0.1) is 0 Å². The monoisotopic (exact) mass is 515 g/mol. The van der Waals surface area contributed by atoms with Crippen LogP contribution in [0.5, 0.6) is 0 Å². The number of rotatable bonds is 12. The highest BCUT2D eigenvalue weighted by atomic mass is 32.2. The van der Waals surface area contributed by atoms with Crippen molar-refractivity contribution < 1.29 is 42.4 Å². The number of ether oxygens (including phenoxy) is 2. The van der Waals surface area contributed by atoms with Gasteiger partial charge in [0, 0.05) is 6.42 Å². The average molecular weight is 516 g/mol. The summed E-state index contributed by atoms with van der Waals surface area (Å²) in [4.78, 5) is 12.0. The Morgan fingerprint density at radius 1 is 1.14 bits per heavy atom. The molecule has 35 heavy (non-hydrogen) atoms. The van der Waals surface area contributed by atoms with E-state index in [0.717, 1.165) is 44.2 Å². The van der Waals surface area contributed by atoms with E-state index in [1.165, 1.54) is 12.1 Å². The van der Waals surface area contributed by atoms with Crippen molar-refractivity contribution in [2.75, 3.05) is 17.9 Å². The molecule has 1 saturated heterocycles. The normalized spacial score (nSPS) is 26.6. The SMILES string of the molecule is CCCCCCCc1cc(F)ccc1NS(=O)(=O)C1CCC2(C=C1C(=O)O)OC(CO)C(CO)O2. The number of aryl methyl sites for hydroxylation is 1. The fraction of sp³-hybridized carbons (Fsp3) is 0.625. The molecule has 0 aromatic heterocycles. The van der Waals surface area contributed by atoms with Gasteiger partial charge in [-0.2, -0.15) is 0 Å². The summed E-state index contributed by atoms with van der Waals surface area (Å²) in [5.74, 6) is -3.47. The zero-order valence-electron chi connectivity index (χ0n) is 19.8. The van der Waals surface area contributed by atoms with E-state index in [-0.39, 0.29) is 18.5 Å². The predicted molar refractivity (Wildman–Crippen MR) is 127 cm³/mol. The van der Waals surface area contributed by atoms with Crippen molar-refractivity contribution >= 4 is 21.7 Å². The maximum atomic E-state index is 13.9. The highest BCUT2D eigenvalue weighted by Gasteiger charge is 2.51. The molecule has 0 bridgehead atoms. The number of carboxylic acids is 1. The minimum absolute atomic E-state index is 0.00998. The number of anilines is 1. The van der Waals surface area contributed by atoms with Crippen molar-refractivity contribution in [3.63, 3.8) is 0 Å². The van der Waals surface area contributed by atoms with Crippen molar-refractivity contribution in [2.45, 2.75) is 81.5 Å². The number of aliphatic carboxylic acids is 1. The molecule has 2 aliphatic rings. The van der Waals surface area contributed by atoms with Crippen LogP contribution in [0.1, 0.15) is 57.4 Å². The van der Waals surface area contributed by atoms with Crippen LogP contribution in [0, 0.1) is 5.82 Å². The summed E-state index contributed by atoms with van der Waals surface area (Å²) >= 11 is 0. The van der Waals surface area contributed by atoms with Crippen LogP contribution in [0.25, 0.3) is 0 Å². The number of sulfonamides is 1. The minimum atomic E-state index is -4.22. The second kappa shape index (κ2) is 11.8. The largest absolute Gasteiger partial charge is 0.478 e. The van der Waals surface area contributed by atoms with Gasteiger partial charge in [-0.3, -0.25) is 4.72 Å². The molecule has 1 aliphatic carbocycles. The molecule has 3 atom stereocenters. The first-order valence-electron chi connectivity index (χ1n) is 12.0. The van der Waals surface area contributed by atoms with Crippen LogP contribution in [0.4, 0.5) is 10.1 Å². The summed E-state index contributed by atoms with van der Waals surface area (Å²) in [6, 6.07) is 3.81. The first-order chi connectivity index (χ1) is 16.6. The molecule has 196 valence electrons. The molecular formula is C24H34FNO8S. The van der Waals surface area contributed by atoms with Gasteiger partial charge in [0.25, 0.3) is 0 Å².